The lowest BCUT2D eigenvalue weighted by molar-refractivity contribution is 0.00578. The fourth-order valence-corrected chi connectivity index (χ4v) is 2.11. The lowest BCUT2D eigenvalue weighted by atomic mass is 9.78. The van der Waals surface area contributed by atoms with E-state index in [9.17, 15) is 9.18 Å². The number of rotatable bonds is 4. The summed E-state index contributed by atoms with van der Waals surface area (Å²) in [7, 11) is -0.794. The van der Waals surface area contributed by atoms with Crippen LogP contribution in [0.2, 0.25) is 0 Å². The Morgan fingerprint density at radius 2 is 1.87 bits per heavy atom. The largest absolute Gasteiger partial charge is 0.497 e. The number of hydrogen-bond donors (Lipinski definition) is 3. The van der Waals surface area contributed by atoms with Crippen LogP contribution in [-0.4, -0.2) is 42.6 Å². The minimum absolute atomic E-state index is 0.125. The van der Waals surface area contributed by atoms with Crippen LogP contribution in [0.3, 0.4) is 0 Å². The maximum atomic E-state index is 14.3. The van der Waals surface area contributed by atoms with Crippen molar-refractivity contribution in [3.05, 3.63) is 24.0 Å². The van der Waals surface area contributed by atoms with Crippen LogP contribution < -0.4 is 16.1 Å². The molecule has 8 heteroatoms. The number of aliphatic hydroxyl groups excluding tert-OH is 1. The summed E-state index contributed by atoms with van der Waals surface area (Å²) >= 11 is 0. The van der Waals surface area contributed by atoms with Crippen LogP contribution in [0.15, 0.2) is 18.2 Å². The van der Waals surface area contributed by atoms with Gasteiger partial charge in [0.25, 0.3) is 0 Å². The van der Waals surface area contributed by atoms with E-state index >= 15 is 0 Å². The van der Waals surface area contributed by atoms with Crippen molar-refractivity contribution in [3.63, 3.8) is 0 Å². The maximum absolute atomic E-state index is 14.3. The Hall–Kier alpha value is -1.64. The highest BCUT2D eigenvalue weighted by molar-refractivity contribution is 6.62. The first-order valence-corrected chi connectivity index (χ1v) is 7.47. The summed E-state index contributed by atoms with van der Waals surface area (Å²) in [6, 6.07) is 3.79. The van der Waals surface area contributed by atoms with E-state index in [2.05, 4.69) is 10.6 Å². The number of hydrogen-bond acceptors (Lipinski definition) is 4. The molecule has 3 N–H and O–H groups in total. The van der Waals surface area contributed by atoms with Crippen molar-refractivity contribution >= 4 is 24.3 Å². The SMILES string of the molecule is CC1(C)OB(c2ccc(NC(=O)NCCO)cc2F)OC1(C)C. The van der Waals surface area contributed by atoms with E-state index in [-0.39, 0.29) is 18.6 Å². The second-order valence-electron chi connectivity index (χ2n) is 6.43. The van der Waals surface area contributed by atoms with E-state index in [1.165, 1.54) is 12.1 Å². The van der Waals surface area contributed by atoms with Crippen molar-refractivity contribution in [2.24, 2.45) is 0 Å². The molecular weight excluding hydrogens is 302 g/mol. The zero-order valence-corrected chi connectivity index (χ0v) is 13.8. The van der Waals surface area contributed by atoms with Crippen molar-refractivity contribution in [3.8, 4) is 0 Å². The van der Waals surface area contributed by atoms with Gasteiger partial charge in [-0.3, -0.25) is 0 Å². The van der Waals surface area contributed by atoms with E-state index < -0.39 is 30.2 Å². The topological polar surface area (TPSA) is 79.8 Å². The van der Waals surface area contributed by atoms with Crippen molar-refractivity contribution < 1.29 is 23.6 Å². The highest BCUT2D eigenvalue weighted by atomic mass is 19.1. The second-order valence-corrected chi connectivity index (χ2v) is 6.43. The number of amides is 2. The van der Waals surface area contributed by atoms with Gasteiger partial charge in [0.2, 0.25) is 0 Å². The Morgan fingerprint density at radius 1 is 1.26 bits per heavy atom. The first kappa shape index (κ1) is 17.7. The third kappa shape index (κ3) is 3.83. The maximum Gasteiger partial charge on any atom is 0.497 e. The third-order valence-corrected chi connectivity index (χ3v) is 4.16. The number of aliphatic hydroxyl groups is 1. The summed E-state index contributed by atoms with van der Waals surface area (Å²) in [5, 5.41) is 13.5. The summed E-state index contributed by atoms with van der Waals surface area (Å²) in [4.78, 5) is 11.5. The molecule has 1 fully saturated rings. The zero-order chi connectivity index (χ0) is 17.3. The summed E-state index contributed by atoms with van der Waals surface area (Å²) in [6.07, 6.45) is 0. The van der Waals surface area contributed by atoms with Gasteiger partial charge in [-0.1, -0.05) is 6.07 Å². The van der Waals surface area contributed by atoms with Crippen LogP contribution in [0.5, 0.6) is 0 Å². The first-order valence-electron chi connectivity index (χ1n) is 7.47. The molecule has 0 saturated carbocycles. The van der Waals surface area contributed by atoms with Gasteiger partial charge >= 0.3 is 13.1 Å². The van der Waals surface area contributed by atoms with Crippen molar-refractivity contribution in [2.45, 2.75) is 38.9 Å². The monoisotopic (exact) mass is 324 g/mol. The van der Waals surface area contributed by atoms with Crippen LogP contribution in [0, 0.1) is 5.82 Å². The number of halogens is 1. The van der Waals surface area contributed by atoms with Crippen LogP contribution in [-0.2, 0) is 9.31 Å². The Labute approximate surface area is 135 Å². The molecule has 0 aromatic heterocycles. The molecule has 1 aliphatic rings. The average Bonchev–Trinajstić information content (AvgIpc) is 2.65. The van der Waals surface area contributed by atoms with Gasteiger partial charge in [-0.15, -0.1) is 0 Å². The molecule has 0 atom stereocenters. The van der Waals surface area contributed by atoms with Crippen molar-refractivity contribution in [1.29, 1.82) is 0 Å². The summed E-state index contributed by atoms with van der Waals surface area (Å²) < 4.78 is 26.0. The van der Waals surface area contributed by atoms with Crippen molar-refractivity contribution in [2.75, 3.05) is 18.5 Å². The molecule has 0 aliphatic carbocycles. The van der Waals surface area contributed by atoms with Gasteiger partial charge in [0.1, 0.15) is 5.82 Å². The van der Waals surface area contributed by atoms with Gasteiger partial charge in [-0.05, 0) is 39.8 Å². The highest BCUT2D eigenvalue weighted by Gasteiger charge is 2.52. The van der Waals surface area contributed by atoms with E-state index in [0.717, 1.165) is 0 Å². The average molecular weight is 324 g/mol. The number of carbonyl (C=O) groups excluding carboxylic acids is 1. The van der Waals surface area contributed by atoms with E-state index in [1.807, 2.05) is 27.7 Å². The molecule has 1 aromatic rings. The number of carbonyl (C=O) groups is 1. The predicted molar refractivity (Wildman–Crippen MR) is 86.2 cm³/mol. The number of benzene rings is 1. The molecule has 23 heavy (non-hydrogen) atoms. The molecule has 0 spiro atoms. The Balaban J connectivity index is 2.10. The Kier molecular flexibility index (Phi) is 4.98. The van der Waals surface area contributed by atoms with Crippen LogP contribution in [0.1, 0.15) is 27.7 Å². The summed E-state index contributed by atoms with van der Waals surface area (Å²) in [6.45, 7) is 7.54. The standard InChI is InChI=1S/C15H22BFN2O4/c1-14(2)15(3,4)23-16(22-14)11-6-5-10(9-12(11)17)19-13(21)18-7-8-20/h5-6,9,20H,7-8H2,1-4H3,(H2,18,19,21). The molecule has 6 nitrogen and oxygen atoms in total. The molecule has 126 valence electrons. The minimum atomic E-state index is -0.794. The molecule has 0 unspecified atom stereocenters. The minimum Gasteiger partial charge on any atom is -0.399 e. The smallest absolute Gasteiger partial charge is 0.399 e. The molecule has 1 aromatic carbocycles. The second kappa shape index (κ2) is 6.47. The number of anilines is 1. The molecule has 2 amide bonds. The van der Waals surface area contributed by atoms with Crippen LogP contribution >= 0.6 is 0 Å². The Morgan fingerprint density at radius 3 is 2.39 bits per heavy atom. The van der Waals surface area contributed by atoms with E-state index in [0.29, 0.717) is 5.69 Å². The fourth-order valence-electron chi connectivity index (χ4n) is 2.11. The summed E-state index contributed by atoms with van der Waals surface area (Å²) in [5.41, 5.74) is -0.515. The molecule has 0 radical (unpaired) electrons. The molecule has 0 bridgehead atoms. The van der Waals surface area contributed by atoms with Crippen molar-refractivity contribution in [1.82, 2.24) is 5.32 Å². The number of nitrogens with one attached hydrogen (secondary N) is 2. The lowest BCUT2D eigenvalue weighted by Gasteiger charge is -2.32. The van der Waals surface area contributed by atoms with Crippen LogP contribution in [0.25, 0.3) is 0 Å². The molecule has 1 aliphatic heterocycles. The summed E-state index contributed by atoms with van der Waals surface area (Å²) in [5.74, 6) is -0.525. The molecule has 2 rings (SSSR count). The highest BCUT2D eigenvalue weighted by Crippen LogP contribution is 2.36. The predicted octanol–water partition coefficient (Wildman–Crippen LogP) is 1.24. The molecular formula is C15H22BFN2O4. The van der Waals surface area contributed by atoms with Gasteiger partial charge in [-0.2, -0.15) is 0 Å². The van der Waals surface area contributed by atoms with Gasteiger partial charge in [0.15, 0.2) is 0 Å². The van der Waals surface area contributed by atoms with Gasteiger partial charge in [0, 0.05) is 17.7 Å². The first-order chi connectivity index (χ1) is 10.7. The fraction of sp³-hybridized carbons (Fsp3) is 0.533. The molecule has 1 saturated heterocycles. The lowest BCUT2D eigenvalue weighted by Crippen LogP contribution is -2.41. The quantitative estimate of drug-likeness (QED) is 0.728. The molecule has 1 heterocycles. The third-order valence-electron chi connectivity index (χ3n) is 4.16. The van der Waals surface area contributed by atoms with Crippen LogP contribution in [0.4, 0.5) is 14.9 Å². The van der Waals surface area contributed by atoms with Gasteiger partial charge in [0.05, 0.1) is 17.8 Å². The van der Waals surface area contributed by atoms with E-state index in [4.69, 9.17) is 14.4 Å². The Bertz CT molecular complexity index is 579. The number of urea groups is 1. The van der Waals surface area contributed by atoms with E-state index in [1.54, 1.807) is 6.07 Å². The van der Waals surface area contributed by atoms with Gasteiger partial charge < -0.3 is 25.0 Å². The normalized spacial score (nSPS) is 18.8. The zero-order valence-electron chi connectivity index (χ0n) is 13.8. The van der Waals surface area contributed by atoms with Gasteiger partial charge in [-0.25, -0.2) is 9.18 Å².